The van der Waals surface area contributed by atoms with Gasteiger partial charge in [-0.05, 0) is 17.0 Å². The van der Waals surface area contributed by atoms with E-state index in [-0.39, 0.29) is 5.69 Å². The molecule has 0 bridgehead atoms. The van der Waals surface area contributed by atoms with E-state index < -0.39 is 5.97 Å². The average Bonchev–Trinajstić information content (AvgIpc) is 2.46. The molecule has 1 aromatic heterocycles. The molecule has 0 aliphatic rings. The summed E-state index contributed by atoms with van der Waals surface area (Å²) >= 11 is 0. The molecule has 0 radical (unpaired) electrons. The van der Waals surface area contributed by atoms with Crippen LogP contribution in [0.5, 0.6) is 5.75 Å². The molecule has 4 heteroatoms. The number of carbonyl (C=O) groups is 1. The van der Waals surface area contributed by atoms with E-state index >= 15 is 0 Å². The Hall–Kier alpha value is -2.36. The maximum atomic E-state index is 10.9. The Bertz CT molecular complexity index is 618. The van der Waals surface area contributed by atoms with Crippen LogP contribution in [0.25, 0.3) is 11.1 Å². The monoisotopic (exact) mass is 271 g/mol. The number of benzene rings is 1. The molecule has 0 saturated heterocycles. The van der Waals surface area contributed by atoms with Crippen LogP contribution in [0.2, 0.25) is 0 Å². The number of carboxylic acid groups (broad SMARTS) is 1. The third-order valence-electron chi connectivity index (χ3n) is 3.19. The largest absolute Gasteiger partial charge is 0.496 e. The number of aromatic carboxylic acids is 1. The van der Waals surface area contributed by atoms with Crippen LogP contribution in [-0.4, -0.2) is 23.2 Å². The molecule has 0 aliphatic heterocycles. The van der Waals surface area contributed by atoms with Crippen LogP contribution < -0.4 is 4.74 Å². The summed E-state index contributed by atoms with van der Waals surface area (Å²) < 4.78 is 5.26. The van der Waals surface area contributed by atoms with Gasteiger partial charge in [0.1, 0.15) is 5.75 Å². The Morgan fingerprint density at radius 2 is 1.90 bits per heavy atom. The summed E-state index contributed by atoms with van der Waals surface area (Å²) in [5.41, 5.74) is 2.97. The molecular formula is C16H17NO3. The first-order valence-corrected chi connectivity index (χ1v) is 6.40. The second-order valence-corrected chi connectivity index (χ2v) is 4.85. The maximum Gasteiger partial charge on any atom is 0.354 e. The Labute approximate surface area is 118 Å². The van der Waals surface area contributed by atoms with Crippen molar-refractivity contribution in [3.8, 4) is 16.9 Å². The molecule has 0 aliphatic carbocycles. The molecule has 1 N–H and O–H groups in total. The lowest BCUT2D eigenvalue weighted by Gasteiger charge is -2.10. The van der Waals surface area contributed by atoms with Crippen molar-refractivity contribution in [3.63, 3.8) is 0 Å². The van der Waals surface area contributed by atoms with Crippen molar-refractivity contribution in [2.24, 2.45) is 0 Å². The Kier molecular flexibility index (Phi) is 4.03. The highest BCUT2D eigenvalue weighted by atomic mass is 16.5. The van der Waals surface area contributed by atoms with Gasteiger partial charge in [-0.1, -0.05) is 38.1 Å². The fraction of sp³-hybridized carbons (Fsp3) is 0.250. The van der Waals surface area contributed by atoms with Gasteiger partial charge in [0, 0.05) is 17.8 Å². The fourth-order valence-corrected chi connectivity index (χ4v) is 1.99. The highest BCUT2D eigenvalue weighted by Crippen LogP contribution is 2.30. The maximum absolute atomic E-state index is 10.9. The van der Waals surface area contributed by atoms with E-state index in [2.05, 4.69) is 31.0 Å². The minimum absolute atomic E-state index is 0.0237. The number of ether oxygens (including phenoxy) is 1. The lowest BCUT2D eigenvalue weighted by atomic mass is 9.99. The van der Waals surface area contributed by atoms with Crippen LogP contribution >= 0.6 is 0 Å². The minimum Gasteiger partial charge on any atom is -0.496 e. The molecule has 104 valence electrons. The summed E-state index contributed by atoms with van der Waals surface area (Å²) in [7, 11) is 1.52. The van der Waals surface area contributed by atoms with E-state index in [1.54, 1.807) is 0 Å². The van der Waals surface area contributed by atoms with Gasteiger partial charge in [-0.2, -0.15) is 0 Å². The van der Waals surface area contributed by atoms with Gasteiger partial charge in [0.15, 0.2) is 5.69 Å². The van der Waals surface area contributed by atoms with Crippen LogP contribution in [0, 0.1) is 0 Å². The summed E-state index contributed by atoms with van der Waals surface area (Å²) in [6.45, 7) is 4.28. The first kappa shape index (κ1) is 14.1. The van der Waals surface area contributed by atoms with Crippen LogP contribution in [-0.2, 0) is 0 Å². The van der Waals surface area contributed by atoms with E-state index in [0.29, 0.717) is 11.7 Å². The second kappa shape index (κ2) is 5.74. The molecule has 0 atom stereocenters. The Morgan fingerprint density at radius 1 is 1.25 bits per heavy atom. The van der Waals surface area contributed by atoms with Crippen molar-refractivity contribution in [2.75, 3.05) is 7.11 Å². The van der Waals surface area contributed by atoms with Gasteiger partial charge in [0.2, 0.25) is 0 Å². The Morgan fingerprint density at radius 3 is 2.40 bits per heavy atom. The molecule has 1 heterocycles. The van der Waals surface area contributed by atoms with Gasteiger partial charge < -0.3 is 9.84 Å². The molecule has 1 aromatic carbocycles. The number of hydrogen-bond acceptors (Lipinski definition) is 3. The van der Waals surface area contributed by atoms with Crippen molar-refractivity contribution in [3.05, 3.63) is 47.8 Å². The van der Waals surface area contributed by atoms with Gasteiger partial charge in [-0.3, -0.25) is 0 Å². The first-order chi connectivity index (χ1) is 9.52. The number of aromatic nitrogens is 1. The molecule has 0 unspecified atom stereocenters. The number of carboxylic acids is 1. The number of methoxy groups -OCH3 is 1. The highest BCUT2D eigenvalue weighted by Gasteiger charge is 2.12. The molecule has 4 nitrogen and oxygen atoms in total. The van der Waals surface area contributed by atoms with Crippen molar-refractivity contribution in [1.29, 1.82) is 0 Å². The molecule has 0 spiro atoms. The van der Waals surface area contributed by atoms with Crippen molar-refractivity contribution < 1.29 is 14.6 Å². The summed E-state index contributed by atoms with van der Waals surface area (Å²) in [4.78, 5) is 14.9. The lowest BCUT2D eigenvalue weighted by Crippen LogP contribution is -2.01. The van der Waals surface area contributed by atoms with Gasteiger partial charge in [0.25, 0.3) is 0 Å². The summed E-state index contributed by atoms with van der Waals surface area (Å²) in [6, 6.07) is 9.55. The average molecular weight is 271 g/mol. The van der Waals surface area contributed by atoms with Crippen LogP contribution in [0.1, 0.15) is 35.8 Å². The predicted octanol–water partition coefficient (Wildman–Crippen LogP) is 3.58. The van der Waals surface area contributed by atoms with E-state index in [4.69, 9.17) is 9.84 Å². The topological polar surface area (TPSA) is 59.4 Å². The summed E-state index contributed by atoms with van der Waals surface area (Å²) in [6.07, 6.45) is 1.53. The Balaban J connectivity index is 2.43. The molecule has 2 rings (SSSR count). The zero-order valence-corrected chi connectivity index (χ0v) is 11.8. The van der Waals surface area contributed by atoms with Gasteiger partial charge in [-0.25, -0.2) is 9.78 Å². The third-order valence-corrected chi connectivity index (χ3v) is 3.19. The number of nitrogens with zero attached hydrogens (tertiary/aromatic N) is 1. The fourth-order valence-electron chi connectivity index (χ4n) is 1.99. The normalized spacial score (nSPS) is 10.6. The highest BCUT2D eigenvalue weighted by molar-refractivity contribution is 5.87. The second-order valence-electron chi connectivity index (χ2n) is 4.85. The van der Waals surface area contributed by atoms with Crippen molar-refractivity contribution in [1.82, 2.24) is 4.98 Å². The van der Waals surface area contributed by atoms with E-state index in [9.17, 15) is 4.79 Å². The van der Waals surface area contributed by atoms with Crippen molar-refractivity contribution in [2.45, 2.75) is 19.8 Å². The van der Waals surface area contributed by atoms with Crippen molar-refractivity contribution >= 4 is 5.97 Å². The molecule has 20 heavy (non-hydrogen) atoms. The zero-order valence-electron chi connectivity index (χ0n) is 11.8. The predicted molar refractivity (Wildman–Crippen MR) is 77.3 cm³/mol. The number of pyridine rings is 1. The van der Waals surface area contributed by atoms with Crippen LogP contribution in [0.3, 0.4) is 0 Å². The smallest absolute Gasteiger partial charge is 0.354 e. The number of hydrogen-bond donors (Lipinski definition) is 1. The quantitative estimate of drug-likeness (QED) is 0.923. The summed E-state index contributed by atoms with van der Waals surface area (Å²) in [5, 5.41) is 8.95. The van der Waals surface area contributed by atoms with Crippen LogP contribution in [0.15, 0.2) is 36.5 Å². The zero-order chi connectivity index (χ0) is 14.7. The third kappa shape index (κ3) is 2.79. The molecule has 0 saturated carbocycles. The van der Waals surface area contributed by atoms with E-state index in [1.807, 2.05) is 12.1 Å². The standard InChI is InChI=1S/C16H17NO3/c1-10(2)11-4-6-12(7-5-11)13-9-17-14(16(18)19)8-15(13)20-3/h4-10H,1-3H3,(H,18,19). The summed E-state index contributed by atoms with van der Waals surface area (Å²) in [5.74, 6) is -0.0850. The SMILES string of the molecule is COc1cc(C(=O)O)ncc1-c1ccc(C(C)C)cc1. The molecular weight excluding hydrogens is 254 g/mol. The number of rotatable bonds is 4. The van der Waals surface area contributed by atoms with E-state index in [1.165, 1.54) is 24.9 Å². The van der Waals surface area contributed by atoms with Gasteiger partial charge in [0.05, 0.1) is 7.11 Å². The van der Waals surface area contributed by atoms with Gasteiger partial charge in [-0.15, -0.1) is 0 Å². The van der Waals surface area contributed by atoms with Gasteiger partial charge >= 0.3 is 5.97 Å². The van der Waals surface area contributed by atoms with Crippen LogP contribution in [0.4, 0.5) is 0 Å². The molecule has 0 fully saturated rings. The molecule has 2 aromatic rings. The van der Waals surface area contributed by atoms with E-state index in [0.717, 1.165) is 11.1 Å². The first-order valence-electron chi connectivity index (χ1n) is 6.40. The lowest BCUT2D eigenvalue weighted by molar-refractivity contribution is 0.0690. The molecule has 0 amide bonds. The minimum atomic E-state index is -1.06.